The Morgan fingerprint density at radius 1 is 1.25 bits per heavy atom. The molecule has 1 aliphatic rings. The van der Waals surface area contributed by atoms with E-state index in [1.165, 1.54) is 12.1 Å². The number of H-pyrrole nitrogens is 1. The van der Waals surface area contributed by atoms with E-state index in [0.717, 1.165) is 31.5 Å². The lowest BCUT2D eigenvalue weighted by molar-refractivity contribution is -0.384. The van der Waals surface area contributed by atoms with Gasteiger partial charge < -0.3 is 15.2 Å². The van der Waals surface area contributed by atoms with Crippen molar-refractivity contribution in [3.05, 3.63) is 68.0 Å². The molecule has 0 radical (unpaired) electrons. The second kappa shape index (κ2) is 8.58. The Kier molecular flexibility index (Phi) is 5.84. The molecule has 32 heavy (non-hydrogen) atoms. The minimum atomic E-state index is -0.562. The number of carbonyl (C=O) groups is 2. The first kappa shape index (κ1) is 21.8. The van der Waals surface area contributed by atoms with Gasteiger partial charge in [0.15, 0.2) is 0 Å². The van der Waals surface area contributed by atoms with E-state index < -0.39 is 11.0 Å². The molecule has 2 heterocycles. The summed E-state index contributed by atoms with van der Waals surface area (Å²) in [4.78, 5) is 45.2. The second-order valence-corrected chi connectivity index (χ2v) is 8.33. The Bertz CT molecular complexity index is 1230. The topological polar surface area (TPSA) is 121 Å². The van der Waals surface area contributed by atoms with Crippen molar-refractivity contribution in [3.8, 4) is 0 Å². The van der Waals surface area contributed by atoms with Crippen LogP contribution < -0.4 is 5.32 Å². The fraction of sp³-hybridized carbons (Fsp3) is 0.318. The van der Waals surface area contributed by atoms with Crippen LogP contribution >= 0.6 is 11.6 Å². The van der Waals surface area contributed by atoms with Gasteiger partial charge in [-0.2, -0.15) is 0 Å². The average Bonchev–Trinajstić information content (AvgIpc) is 3.42. The van der Waals surface area contributed by atoms with Crippen molar-refractivity contribution in [2.24, 2.45) is 0 Å². The van der Waals surface area contributed by atoms with Crippen LogP contribution in [0.5, 0.6) is 0 Å². The number of halogens is 1. The quantitative estimate of drug-likeness (QED) is 0.442. The summed E-state index contributed by atoms with van der Waals surface area (Å²) in [5.41, 5.74) is 2.49. The molecular formula is C22H22ClN5O4. The number of likely N-dealkylation sites (tertiary alicyclic amines) is 1. The van der Waals surface area contributed by atoms with Crippen molar-refractivity contribution in [2.75, 3.05) is 13.1 Å². The molecule has 0 unspecified atom stereocenters. The van der Waals surface area contributed by atoms with E-state index in [1.54, 1.807) is 25.1 Å². The first-order valence-electron chi connectivity index (χ1n) is 10.3. The van der Waals surface area contributed by atoms with Gasteiger partial charge in [0, 0.05) is 30.3 Å². The maximum atomic E-state index is 12.8. The summed E-state index contributed by atoms with van der Waals surface area (Å²) in [6.07, 6.45) is 2.04. The maximum Gasteiger partial charge on any atom is 0.290 e. The van der Waals surface area contributed by atoms with E-state index in [-0.39, 0.29) is 22.5 Å². The number of fused-ring (bicyclic) bond motifs is 1. The van der Waals surface area contributed by atoms with Crippen molar-refractivity contribution >= 4 is 40.1 Å². The number of hydrogen-bond donors (Lipinski definition) is 2. The molecule has 1 saturated heterocycles. The molecule has 1 fully saturated rings. The van der Waals surface area contributed by atoms with Crippen molar-refractivity contribution in [2.45, 2.75) is 32.7 Å². The number of aromatic nitrogens is 2. The summed E-state index contributed by atoms with van der Waals surface area (Å²) in [6, 6.07) is 7.29. The summed E-state index contributed by atoms with van der Waals surface area (Å²) in [6.45, 7) is 5.11. The SMILES string of the molecule is Cc1cc(C(=O)N[C@@H](C)c2nc3cc(Cl)c([N+](=O)[O-])cc3[nH]2)ccc1C(=O)N1CCCC1. The van der Waals surface area contributed by atoms with E-state index >= 15 is 0 Å². The number of nitro groups is 1. The number of nitro benzene ring substituents is 1. The van der Waals surface area contributed by atoms with Crippen LogP contribution in [0.3, 0.4) is 0 Å². The molecule has 9 nitrogen and oxygen atoms in total. The van der Waals surface area contributed by atoms with E-state index in [0.29, 0.717) is 28.0 Å². The number of aromatic amines is 1. The molecule has 0 spiro atoms. The third-order valence-corrected chi connectivity index (χ3v) is 5.94. The average molecular weight is 456 g/mol. The first-order chi connectivity index (χ1) is 15.2. The van der Waals surface area contributed by atoms with Gasteiger partial charge >= 0.3 is 0 Å². The second-order valence-electron chi connectivity index (χ2n) is 7.92. The van der Waals surface area contributed by atoms with E-state index in [2.05, 4.69) is 15.3 Å². The number of nitrogens with one attached hydrogen (secondary N) is 2. The number of hydrogen-bond acceptors (Lipinski definition) is 5. The van der Waals surface area contributed by atoms with Crippen LogP contribution in [0.4, 0.5) is 5.69 Å². The molecule has 1 atom stereocenters. The van der Waals surface area contributed by atoms with Crippen molar-refractivity contribution < 1.29 is 14.5 Å². The smallest absolute Gasteiger partial charge is 0.290 e. The van der Waals surface area contributed by atoms with Gasteiger partial charge in [-0.3, -0.25) is 19.7 Å². The number of amides is 2. The zero-order chi connectivity index (χ0) is 23.0. The number of nitrogens with zero attached hydrogens (tertiary/aromatic N) is 3. The fourth-order valence-corrected chi connectivity index (χ4v) is 4.10. The Labute approximate surface area is 188 Å². The lowest BCUT2D eigenvalue weighted by Gasteiger charge is -2.17. The lowest BCUT2D eigenvalue weighted by Crippen LogP contribution is -2.29. The van der Waals surface area contributed by atoms with Gasteiger partial charge in [0.1, 0.15) is 10.8 Å². The normalized spacial score (nSPS) is 14.5. The zero-order valence-electron chi connectivity index (χ0n) is 17.6. The highest BCUT2D eigenvalue weighted by atomic mass is 35.5. The lowest BCUT2D eigenvalue weighted by atomic mass is 10.0. The molecule has 2 amide bonds. The van der Waals surface area contributed by atoms with Crippen LogP contribution in [0.25, 0.3) is 11.0 Å². The Morgan fingerprint density at radius 2 is 1.97 bits per heavy atom. The summed E-state index contributed by atoms with van der Waals surface area (Å²) in [5, 5.41) is 13.9. The highest BCUT2D eigenvalue weighted by Crippen LogP contribution is 2.29. The number of aryl methyl sites for hydroxylation is 1. The van der Waals surface area contributed by atoms with Crippen LogP contribution in [-0.2, 0) is 0 Å². The van der Waals surface area contributed by atoms with Crippen molar-refractivity contribution in [1.29, 1.82) is 0 Å². The fourth-order valence-electron chi connectivity index (χ4n) is 3.87. The van der Waals surface area contributed by atoms with Gasteiger partial charge in [0.25, 0.3) is 17.5 Å². The van der Waals surface area contributed by atoms with Crippen LogP contribution in [-0.4, -0.2) is 44.7 Å². The molecule has 10 heteroatoms. The molecule has 2 N–H and O–H groups in total. The number of imidazole rings is 1. The molecule has 1 aromatic heterocycles. The molecule has 0 aliphatic carbocycles. The Balaban J connectivity index is 1.50. The first-order valence-corrected chi connectivity index (χ1v) is 10.7. The van der Waals surface area contributed by atoms with Gasteiger partial charge in [-0.25, -0.2) is 4.98 Å². The Hall–Kier alpha value is -3.46. The van der Waals surface area contributed by atoms with E-state index in [1.807, 2.05) is 11.8 Å². The monoisotopic (exact) mass is 455 g/mol. The van der Waals surface area contributed by atoms with Gasteiger partial charge in [0.2, 0.25) is 0 Å². The van der Waals surface area contributed by atoms with E-state index in [4.69, 9.17) is 11.6 Å². The highest BCUT2D eigenvalue weighted by Gasteiger charge is 2.22. The number of carbonyl (C=O) groups excluding carboxylic acids is 2. The molecule has 0 bridgehead atoms. The molecular weight excluding hydrogens is 434 g/mol. The molecule has 166 valence electrons. The third kappa shape index (κ3) is 4.16. The van der Waals surface area contributed by atoms with Gasteiger partial charge in [0.05, 0.1) is 22.0 Å². The van der Waals surface area contributed by atoms with Crippen LogP contribution in [0.2, 0.25) is 5.02 Å². The number of benzene rings is 2. The molecule has 4 rings (SSSR count). The summed E-state index contributed by atoms with van der Waals surface area (Å²) in [7, 11) is 0. The molecule has 0 saturated carbocycles. The summed E-state index contributed by atoms with van der Waals surface area (Å²) in [5.74, 6) is 0.128. The predicted octanol–water partition coefficient (Wildman–Crippen LogP) is 4.16. The molecule has 2 aromatic carbocycles. The van der Waals surface area contributed by atoms with Gasteiger partial charge in [-0.15, -0.1) is 0 Å². The zero-order valence-corrected chi connectivity index (χ0v) is 18.4. The van der Waals surface area contributed by atoms with Crippen LogP contribution in [0.1, 0.15) is 57.9 Å². The molecule has 3 aromatic rings. The highest BCUT2D eigenvalue weighted by molar-refractivity contribution is 6.33. The summed E-state index contributed by atoms with van der Waals surface area (Å²) >= 11 is 5.95. The minimum Gasteiger partial charge on any atom is -0.342 e. The predicted molar refractivity (Wildman–Crippen MR) is 120 cm³/mol. The van der Waals surface area contributed by atoms with Crippen LogP contribution in [0, 0.1) is 17.0 Å². The standard InChI is InChI=1S/C22H22ClN5O4/c1-12-9-14(5-6-15(12)22(30)27-7-3-4-8-27)21(29)24-13(2)20-25-17-10-16(23)19(28(31)32)11-18(17)26-20/h5-6,9-11,13H,3-4,7-8H2,1-2H3,(H,24,29)(H,25,26)/t13-/m0/s1. The third-order valence-electron chi connectivity index (χ3n) is 5.64. The maximum absolute atomic E-state index is 12.8. The van der Waals surface area contributed by atoms with Crippen molar-refractivity contribution in [1.82, 2.24) is 20.2 Å². The minimum absolute atomic E-state index is 0.00344. The summed E-state index contributed by atoms with van der Waals surface area (Å²) < 4.78 is 0. The number of rotatable bonds is 5. The van der Waals surface area contributed by atoms with Crippen molar-refractivity contribution in [3.63, 3.8) is 0 Å². The van der Waals surface area contributed by atoms with Gasteiger partial charge in [-0.05, 0) is 56.5 Å². The Morgan fingerprint density at radius 3 is 2.62 bits per heavy atom. The van der Waals surface area contributed by atoms with Gasteiger partial charge in [-0.1, -0.05) is 11.6 Å². The largest absolute Gasteiger partial charge is 0.342 e. The van der Waals surface area contributed by atoms with E-state index in [9.17, 15) is 19.7 Å². The molecule has 1 aliphatic heterocycles. The van der Waals surface area contributed by atoms with Crippen LogP contribution in [0.15, 0.2) is 30.3 Å².